The molecule has 4 heteroatoms. The smallest absolute Gasteiger partial charge is 0.129 e. The number of hydrogen-bond donors (Lipinski definition) is 3. The fourth-order valence-corrected chi connectivity index (χ4v) is 1.23. The number of phenolic OH excluding ortho intramolecular Hbond substituents is 1. The predicted octanol–water partition coefficient (Wildman–Crippen LogP) is 1.18. The number of aliphatic hydroxyl groups is 2. The number of aliphatic hydroxyl groups excluding tert-OH is 2. The van der Waals surface area contributed by atoms with Gasteiger partial charge < -0.3 is 15.3 Å². The van der Waals surface area contributed by atoms with Crippen LogP contribution in [0.1, 0.15) is 11.7 Å². The van der Waals surface area contributed by atoms with E-state index in [-0.39, 0.29) is 12.4 Å². The summed E-state index contributed by atoms with van der Waals surface area (Å²) in [6, 6.07) is 4.58. The standard InChI is InChI=1S/C8H9BrO3/c9-6-3-5(8(12)4-10)1-2-7(6)11/h1-3,8,10-12H,4H2. The molecular formula is C8H9BrO3. The van der Waals surface area contributed by atoms with E-state index in [1.165, 1.54) is 6.07 Å². The van der Waals surface area contributed by atoms with Gasteiger partial charge in [0.25, 0.3) is 0 Å². The summed E-state index contributed by atoms with van der Waals surface area (Å²) in [4.78, 5) is 0. The summed E-state index contributed by atoms with van der Waals surface area (Å²) in [7, 11) is 0. The molecule has 1 unspecified atom stereocenters. The van der Waals surface area contributed by atoms with E-state index < -0.39 is 6.10 Å². The van der Waals surface area contributed by atoms with Gasteiger partial charge in [-0.25, -0.2) is 0 Å². The molecule has 0 aliphatic heterocycles. The molecule has 1 rings (SSSR count). The van der Waals surface area contributed by atoms with Gasteiger partial charge in [-0.3, -0.25) is 0 Å². The van der Waals surface area contributed by atoms with Crippen molar-refractivity contribution in [2.24, 2.45) is 0 Å². The van der Waals surface area contributed by atoms with E-state index >= 15 is 0 Å². The average molecular weight is 233 g/mol. The van der Waals surface area contributed by atoms with Crippen molar-refractivity contribution in [3.63, 3.8) is 0 Å². The molecule has 0 heterocycles. The second-order valence-corrected chi connectivity index (χ2v) is 3.26. The zero-order valence-corrected chi connectivity index (χ0v) is 7.82. The predicted molar refractivity (Wildman–Crippen MR) is 47.9 cm³/mol. The lowest BCUT2D eigenvalue weighted by Gasteiger charge is -2.07. The molecule has 0 saturated carbocycles. The third kappa shape index (κ3) is 1.97. The van der Waals surface area contributed by atoms with E-state index in [2.05, 4.69) is 15.9 Å². The molecule has 12 heavy (non-hydrogen) atoms. The van der Waals surface area contributed by atoms with Crippen molar-refractivity contribution in [3.05, 3.63) is 28.2 Å². The Hall–Kier alpha value is -0.580. The molecule has 3 nitrogen and oxygen atoms in total. The maximum Gasteiger partial charge on any atom is 0.129 e. The SMILES string of the molecule is OCC(O)c1ccc(O)c(Br)c1. The van der Waals surface area contributed by atoms with Crippen molar-refractivity contribution in [2.75, 3.05) is 6.61 Å². The van der Waals surface area contributed by atoms with Crippen LogP contribution >= 0.6 is 15.9 Å². The maximum atomic E-state index is 9.19. The maximum absolute atomic E-state index is 9.19. The van der Waals surface area contributed by atoms with Crippen LogP contribution in [0.25, 0.3) is 0 Å². The summed E-state index contributed by atoms with van der Waals surface area (Å²) in [5.74, 6) is 0.115. The summed E-state index contributed by atoms with van der Waals surface area (Å²) in [5.41, 5.74) is 0.571. The lowest BCUT2D eigenvalue weighted by atomic mass is 10.1. The Bertz CT molecular complexity index is 275. The van der Waals surface area contributed by atoms with Crippen molar-refractivity contribution in [2.45, 2.75) is 6.10 Å². The van der Waals surface area contributed by atoms with Crippen LogP contribution in [0.15, 0.2) is 22.7 Å². The minimum Gasteiger partial charge on any atom is -0.507 e. The summed E-state index contributed by atoms with van der Waals surface area (Å²) in [6.07, 6.45) is -0.887. The monoisotopic (exact) mass is 232 g/mol. The molecule has 0 aromatic heterocycles. The quantitative estimate of drug-likeness (QED) is 0.718. The van der Waals surface area contributed by atoms with Gasteiger partial charge in [-0.15, -0.1) is 0 Å². The Morgan fingerprint density at radius 3 is 2.58 bits per heavy atom. The van der Waals surface area contributed by atoms with Gasteiger partial charge in [0.15, 0.2) is 0 Å². The zero-order valence-electron chi connectivity index (χ0n) is 6.24. The minimum absolute atomic E-state index is 0.115. The van der Waals surface area contributed by atoms with Crippen LogP contribution in [-0.2, 0) is 0 Å². The molecule has 1 atom stereocenters. The number of benzene rings is 1. The zero-order chi connectivity index (χ0) is 9.14. The summed E-state index contributed by atoms with van der Waals surface area (Å²) in [6.45, 7) is -0.322. The van der Waals surface area contributed by atoms with E-state index in [0.717, 1.165) is 0 Å². The number of hydrogen-bond acceptors (Lipinski definition) is 3. The molecule has 0 radical (unpaired) electrons. The van der Waals surface area contributed by atoms with Gasteiger partial charge in [0.05, 0.1) is 11.1 Å². The number of halogens is 1. The number of phenols is 1. The fourth-order valence-electron chi connectivity index (χ4n) is 0.836. The van der Waals surface area contributed by atoms with Crippen LogP contribution in [0.2, 0.25) is 0 Å². The van der Waals surface area contributed by atoms with Crippen LogP contribution in [0.5, 0.6) is 5.75 Å². The van der Waals surface area contributed by atoms with E-state index in [1.54, 1.807) is 12.1 Å². The van der Waals surface area contributed by atoms with Gasteiger partial charge in [-0.2, -0.15) is 0 Å². The third-order valence-corrected chi connectivity index (χ3v) is 2.16. The Labute approximate surface area is 78.4 Å². The summed E-state index contributed by atoms with van der Waals surface area (Å²) < 4.78 is 0.507. The fraction of sp³-hybridized carbons (Fsp3) is 0.250. The molecule has 66 valence electrons. The molecule has 0 aliphatic rings. The topological polar surface area (TPSA) is 60.7 Å². The second kappa shape index (κ2) is 3.89. The van der Waals surface area contributed by atoms with E-state index in [4.69, 9.17) is 10.2 Å². The van der Waals surface area contributed by atoms with Crippen LogP contribution in [0.3, 0.4) is 0 Å². The first-order chi connectivity index (χ1) is 5.65. The van der Waals surface area contributed by atoms with Gasteiger partial charge in [-0.05, 0) is 33.6 Å². The van der Waals surface area contributed by atoms with Crippen molar-refractivity contribution >= 4 is 15.9 Å². The molecule has 3 N–H and O–H groups in total. The van der Waals surface area contributed by atoms with Crippen LogP contribution in [0, 0.1) is 0 Å². The van der Waals surface area contributed by atoms with Gasteiger partial charge in [0, 0.05) is 0 Å². The van der Waals surface area contributed by atoms with Crippen LogP contribution < -0.4 is 0 Å². The lowest BCUT2D eigenvalue weighted by Crippen LogP contribution is -2.01. The van der Waals surface area contributed by atoms with Crippen molar-refractivity contribution in [3.8, 4) is 5.75 Å². The van der Waals surface area contributed by atoms with E-state index in [9.17, 15) is 5.11 Å². The molecular weight excluding hydrogens is 224 g/mol. The van der Waals surface area contributed by atoms with E-state index in [0.29, 0.717) is 10.0 Å². The highest BCUT2D eigenvalue weighted by Gasteiger charge is 2.07. The Morgan fingerprint density at radius 2 is 2.08 bits per heavy atom. The first kappa shape index (κ1) is 9.51. The normalized spacial score (nSPS) is 12.9. The summed E-state index contributed by atoms with van der Waals surface area (Å²) in [5, 5.41) is 26.9. The molecule has 0 aliphatic carbocycles. The highest BCUT2D eigenvalue weighted by Crippen LogP contribution is 2.26. The third-order valence-electron chi connectivity index (χ3n) is 1.53. The molecule has 1 aromatic rings. The van der Waals surface area contributed by atoms with Crippen molar-refractivity contribution in [1.82, 2.24) is 0 Å². The van der Waals surface area contributed by atoms with E-state index in [1.807, 2.05) is 0 Å². The minimum atomic E-state index is -0.887. The molecule has 0 saturated heterocycles. The van der Waals surface area contributed by atoms with Gasteiger partial charge in [-0.1, -0.05) is 6.07 Å². The Kier molecular flexibility index (Phi) is 3.08. The first-order valence-electron chi connectivity index (χ1n) is 3.42. The Morgan fingerprint density at radius 1 is 1.42 bits per heavy atom. The van der Waals surface area contributed by atoms with Gasteiger partial charge in [0.2, 0.25) is 0 Å². The molecule has 0 fully saturated rings. The second-order valence-electron chi connectivity index (χ2n) is 2.41. The lowest BCUT2D eigenvalue weighted by molar-refractivity contribution is 0.0955. The molecule has 0 amide bonds. The Balaban J connectivity index is 2.96. The highest BCUT2D eigenvalue weighted by molar-refractivity contribution is 9.10. The number of aromatic hydroxyl groups is 1. The van der Waals surface area contributed by atoms with Crippen LogP contribution in [0.4, 0.5) is 0 Å². The van der Waals surface area contributed by atoms with Crippen molar-refractivity contribution < 1.29 is 15.3 Å². The average Bonchev–Trinajstić information content (AvgIpc) is 2.08. The molecule has 1 aromatic carbocycles. The van der Waals surface area contributed by atoms with Crippen LogP contribution in [-0.4, -0.2) is 21.9 Å². The summed E-state index contributed by atoms with van der Waals surface area (Å²) >= 11 is 3.10. The molecule has 0 bridgehead atoms. The highest BCUT2D eigenvalue weighted by atomic mass is 79.9. The largest absolute Gasteiger partial charge is 0.507 e. The van der Waals surface area contributed by atoms with Gasteiger partial charge >= 0.3 is 0 Å². The molecule has 0 spiro atoms. The number of rotatable bonds is 2. The van der Waals surface area contributed by atoms with Gasteiger partial charge in [0.1, 0.15) is 11.9 Å². The van der Waals surface area contributed by atoms with Crippen molar-refractivity contribution in [1.29, 1.82) is 0 Å². The first-order valence-corrected chi connectivity index (χ1v) is 4.21.